The first-order chi connectivity index (χ1) is 5.45. The molecule has 1 aromatic rings. The van der Waals surface area contributed by atoms with Crippen molar-refractivity contribution < 1.29 is 0 Å². The molecule has 0 N–H and O–H groups in total. The second-order valence-electron chi connectivity index (χ2n) is 2.42. The average molecular weight is 207 g/mol. The van der Waals surface area contributed by atoms with Crippen LogP contribution >= 0.6 is 0 Å². The molecule has 1 aromatic heterocycles. The number of aliphatic imine (C=N–C) groups is 1. The fraction of sp³-hybridized carbons (Fsp3) is 0. The first-order valence-electron chi connectivity index (χ1n) is 3.37. The minimum atomic E-state index is 0.421. The summed E-state index contributed by atoms with van der Waals surface area (Å²) in [7, 11) is 0. The van der Waals surface area contributed by atoms with Crippen LogP contribution in [0.3, 0.4) is 0 Å². The zero-order chi connectivity index (χ0) is 7.26. The van der Waals surface area contributed by atoms with Crippen molar-refractivity contribution in [2.75, 3.05) is 0 Å². The molecule has 2 aliphatic heterocycles. The molecule has 0 atom stereocenters. The van der Waals surface area contributed by atoms with Crippen LogP contribution < -0.4 is 8.32 Å². The Labute approximate surface area is 69.0 Å². The van der Waals surface area contributed by atoms with Gasteiger partial charge in [0.2, 0.25) is 0 Å². The Morgan fingerprint density at radius 2 is 2.36 bits per heavy atom. The maximum atomic E-state index is 4.29. The normalized spacial score (nSPS) is 16.0. The third kappa shape index (κ3) is 0.621. The topological polar surface area (TPSA) is 24.7 Å². The van der Waals surface area contributed by atoms with Crippen molar-refractivity contribution >= 4 is 38.6 Å². The molecule has 2 nitrogen and oxygen atoms in total. The van der Waals surface area contributed by atoms with Crippen molar-refractivity contribution in [2.45, 2.75) is 0 Å². The molecule has 0 aliphatic carbocycles. The van der Waals surface area contributed by atoms with E-state index in [0.717, 1.165) is 5.69 Å². The third-order valence-electron chi connectivity index (χ3n) is 1.79. The monoisotopic (exact) mass is 208 g/mol. The van der Waals surface area contributed by atoms with E-state index in [2.05, 4.69) is 22.1 Å². The van der Waals surface area contributed by atoms with Crippen molar-refractivity contribution in [3.63, 3.8) is 0 Å². The van der Waals surface area contributed by atoms with Crippen LogP contribution in [0.25, 0.3) is 12.2 Å². The summed E-state index contributed by atoms with van der Waals surface area (Å²) < 4.78 is 2.63. The quantitative estimate of drug-likeness (QED) is 0.528. The van der Waals surface area contributed by atoms with Gasteiger partial charge in [0, 0.05) is 0 Å². The summed E-state index contributed by atoms with van der Waals surface area (Å²) >= 11 is 0.421. The van der Waals surface area contributed by atoms with E-state index < -0.39 is 0 Å². The molecule has 0 amide bonds. The van der Waals surface area contributed by atoms with Gasteiger partial charge < -0.3 is 0 Å². The van der Waals surface area contributed by atoms with E-state index in [4.69, 9.17) is 0 Å². The first kappa shape index (κ1) is 5.69. The molecule has 0 saturated carbocycles. The van der Waals surface area contributed by atoms with Gasteiger partial charge in [-0.05, 0) is 0 Å². The molecule has 11 heavy (non-hydrogen) atoms. The van der Waals surface area contributed by atoms with Crippen LogP contribution in [0.1, 0.15) is 5.56 Å². The van der Waals surface area contributed by atoms with Crippen LogP contribution in [0.5, 0.6) is 0 Å². The zero-order valence-corrected chi connectivity index (χ0v) is 7.33. The van der Waals surface area contributed by atoms with Crippen molar-refractivity contribution in [3.05, 3.63) is 20.1 Å². The molecular weight excluding hydrogens is 203 g/mol. The van der Waals surface area contributed by atoms with Gasteiger partial charge in [-0.1, -0.05) is 0 Å². The minimum absolute atomic E-state index is 0.421. The summed E-state index contributed by atoms with van der Waals surface area (Å²) in [6.07, 6.45) is 7.89. The molecule has 3 heterocycles. The van der Waals surface area contributed by atoms with Crippen LogP contribution in [-0.2, 0) is 0 Å². The van der Waals surface area contributed by atoms with Crippen LogP contribution in [0.2, 0.25) is 0 Å². The predicted molar refractivity (Wildman–Crippen MR) is 45.8 cm³/mol. The van der Waals surface area contributed by atoms with Crippen LogP contribution in [0, 0.1) is 0 Å². The van der Waals surface area contributed by atoms with Gasteiger partial charge in [-0.2, -0.15) is 0 Å². The van der Waals surface area contributed by atoms with Crippen LogP contribution in [-0.4, -0.2) is 20.7 Å². The van der Waals surface area contributed by atoms with Crippen LogP contribution in [0.4, 0.5) is 5.69 Å². The average Bonchev–Trinajstić information content (AvgIpc) is 2.52. The van der Waals surface area contributed by atoms with E-state index >= 15 is 0 Å². The van der Waals surface area contributed by atoms with Gasteiger partial charge in [0.15, 0.2) is 0 Å². The van der Waals surface area contributed by atoms with Gasteiger partial charge in [0.05, 0.1) is 0 Å². The van der Waals surface area contributed by atoms with Gasteiger partial charge in [0.25, 0.3) is 0 Å². The van der Waals surface area contributed by atoms with Gasteiger partial charge in [-0.25, -0.2) is 0 Å². The summed E-state index contributed by atoms with van der Waals surface area (Å²) in [5, 5.41) is 0. The molecule has 0 bridgehead atoms. The number of hydrogen-bond acceptors (Lipinski definition) is 2. The molecule has 2 aliphatic rings. The Morgan fingerprint density at radius 3 is 3.36 bits per heavy atom. The first-order valence-corrected chi connectivity index (χ1v) is 5.08. The van der Waals surface area contributed by atoms with Gasteiger partial charge in [-0.15, -0.1) is 0 Å². The molecule has 0 unspecified atom stereocenters. The van der Waals surface area contributed by atoms with E-state index in [0.29, 0.717) is 14.5 Å². The molecule has 0 spiro atoms. The molecule has 52 valence electrons. The third-order valence-corrected chi connectivity index (χ3v) is 4.03. The Kier molecular flexibility index (Phi) is 0.939. The van der Waals surface area contributed by atoms with Crippen molar-refractivity contribution in [3.8, 4) is 0 Å². The van der Waals surface area contributed by atoms with Crippen molar-refractivity contribution in [1.82, 2.24) is 0 Å². The van der Waals surface area contributed by atoms with E-state index in [1.807, 2.05) is 12.4 Å². The number of hydrogen-bond donors (Lipinski definition) is 0. The summed E-state index contributed by atoms with van der Waals surface area (Å²) in [6.45, 7) is 0. The molecule has 0 aromatic carbocycles. The van der Waals surface area contributed by atoms with Gasteiger partial charge in [0.1, 0.15) is 0 Å². The Hall–Kier alpha value is -0.921. The molecule has 0 saturated heterocycles. The predicted octanol–water partition coefficient (Wildman–Crippen LogP) is -0.156. The standard InChI is InChI=1S/C8H4N2Se/c1-3-10-8-5(1)7-6(11-8)2-4-9-7/h1-4H. The van der Waals surface area contributed by atoms with Crippen LogP contribution in [0.15, 0.2) is 16.2 Å². The molecule has 3 heteroatoms. The molecule has 0 radical (unpaired) electrons. The molecule has 0 fully saturated rings. The molecular formula is C8H4N2Se. The second-order valence-corrected chi connectivity index (χ2v) is 4.59. The summed E-state index contributed by atoms with van der Waals surface area (Å²) in [4.78, 5) is 8.56. The fourth-order valence-electron chi connectivity index (χ4n) is 1.29. The number of nitrogens with zero attached hydrogens (tertiary/aromatic N) is 2. The van der Waals surface area contributed by atoms with E-state index in [1.165, 1.54) is 13.9 Å². The fourth-order valence-corrected chi connectivity index (χ4v) is 3.36. The van der Waals surface area contributed by atoms with E-state index in [1.54, 1.807) is 0 Å². The van der Waals surface area contributed by atoms with Crippen molar-refractivity contribution in [1.29, 1.82) is 0 Å². The summed E-state index contributed by atoms with van der Waals surface area (Å²) in [5.41, 5.74) is 2.42. The molecule has 3 rings (SSSR count). The Morgan fingerprint density at radius 1 is 1.36 bits per heavy atom. The van der Waals surface area contributed by atoms with Gasteiger partial charge >= 0.3 is 68.6 Å². The van der Waals surface area contributed by atoms with Crippen molar-refractivity contribution in [2.24, 2.45) is 9.98 Å². The summed E-state index contributed by atoms with van der Waals surface area (Å²) in [6, 6.07) is 0. The van der Waals surface area contributed by atoms with Gasteiger partial charge in [-0.3, -0.25) is 0 Å². The number of fused-ring (bicyclic) bond motifs is 3. The SMILES string of the molecule is C1=Cc2c3c([se]c2=N1)=CC=N3. The van der Waals surface area contributed by atoms with E-state index in [9.17, 15) is 0 Å². The number of rotatable bonds is 0. The Balaban J connectivity index is 2.60. The Bertz CT molecular complexity index is 446. The zero-order valence-electron chi connectivity index (χ0n) is 5.61. The van der Waals surface area contributed by atoms with E-state index in [-0.39, 0.29) is 0 Å². The second kappa shape index (κ2) is 1.81. The maximum absolute atomic E-state index is 4.29. The summed E-state index contributed by atoms with van der Waals surface area (Å²) in [5.74, 6) is 0.